The molecule has 1 unspecified atom stereocenters. The molecule has 0 aromatic heterocycles. The number of amides is 1. The van der Waals surface area contributed by atoms with E-state index in [1.807, 2.05) is 44.7 Å². The number of hydrogen-bond acceptors (Lipinski definition) is 2. The average Bonchev–Trinajstić information content (AvgIpc) is 2.54. The molecule has 0 aromatic rings. The molecule has 146 valence electrons. The number of rotatable bonds is 4. The lowest BCUT2D eigenvalue weighted by atomic mass is 10.0. The standard InChI is InChI=1S/C15H23NO2.C5H12.C2H6/c1-5-12(3)10-14(6-2)18-15-8-7-9-16(11-15)13(4)17;1-5(2,3)4;1-2/h5-6,10,15H,1,7-9,11H2,2-4H3;1-4H3;1-2H3/b12-10-,14-6+;;. The van der Waals surface area contributed by atoms with E-state index < -0.39 is 0 Å². The van der Waals surface area contributed by atoms with Crippen LogP contribution in [0.15, 0.2) is 36.1 Å². The molecule has 1 fully saturated rings. The highest BCUT2D eigenvalue weighted by atomic mass is 16.5. The van der Waals surface area contributed by atoms with E-state index in [4.69, 9.17) is 4.74 Å². The Kier molecular flexibility index (Phi) is 14.1. The molecule has 3 nitrogen and oxygen atoms in total. The second-order valence-electron chi connectivity index (χ2n) is 7.63. The Morgan fingerprint density at radius 3 is 2.12 bits per heavy atom. The van der Waals surface area contributed by atoms with Crippen molar-refractivity contribution >= 4 is 5.91 Å². The van der Waals surface area contributed by atoms with Gasteiger partial charge in [-0.25, -0.2) is 0 Å². The molecule has 3 heteroatoms. The lowest BCUT2D eigenvalue weighted by molar-refractivity contribution is -0.132. The monoisotopic (exact) mass is 351 g/mol. The maximum absolute atomic E-state index is 11.4. The van der Waals surface area contributed by atoms with Crippen LogP contribution in [0.1, 0.15) is 75.2 Å². The third-order valence-corrected chi connectivity index (χ3v) is 3.10. The van der Waals surface area contributed by atoms with E-state index in [0.29, 0.717) is 12.0 Å². The van der Waals surface area contributed by atoms with Gasteiger partial charge in [0.1, 0.15) is 11.9 Å². The summed E-state index contributed by atoms with van der Waals surface area (Å²) in [6, 6.07) is 0. The van der Waals surface area contributed by atoms with Crippen molar-refractivity contribution in [2.24, 2.45) is 5.41 Å². The van der Waals surface area contributed by atoms with Crippen molar-refractivity contribution in [3.05, 3.63) is 36.1 Å². The number of likely N-dealkylation sites (tertiary alicyclic amines) is 1. The Morgan fingerprint density at radius 1 is 1.20 bits per heavy atom. The van der Waals surface area contributed by atoms with Crippen molar-refractivity contribution in [3.8, 4) is 0 Å². The molecule has 25 heavy (non-hydrogen) atoms. The van der Waals surface area contributed by atoms with Gasteiger partial charge in [0, 0.05) is 13.5 Å². The smallest absolute Gasteiger partial charge is 0.219 e. The van der Waals surface area contributed by atoms with Crippen LogP contribution in [0.5, 0.6) is 0 Å². The second-order valence-corrected chi connectivity index (χ2v) is 7.63. The minimum atomic E-state index is 0.0997. The normalized spacial score (nSPS) is 18.3. The third kappa shape index (κ3) is 15.7. The van der Waals surface area contributed by atoms with E-state index in [1.54, 1.807) is 13.0 Å². The van der Waals surface area contributed by atoms with E-state index in [0.717, 1.165) is 30.7 Å². The van der Waals surface area contributed by atoms with E-state index in [-0.39, 0.29) is 12.0 Å². The summed E-state index contributed by atoms with van der Waals surface area (Å²) in [6.07, 6.45) is 7.82. The van der Waals surface area contributed by atoms with Crippen molar-refractivity contribution < 1.29 is 9.53 Å². The molecule has 0 bridgehead atoms. The number of ether oxygens (including phenoxy) is 1. The summed E-state index contributed by atoms with van der Waals surface area (Å²) < 4.78 is 5.94. The maximum Gasteiger partial charge on any atom is 0.219 e. The molecule has 0 aliphatic carbocycles. The Balaban J connectivity index is 0. The minimum absolute atomic E-state index is 0.0997. The van der Waals surface area contributed by atoms with Gasteiger partial charge in [0.15, 0.2) is 0 Å². The fraction of sp³-hybridized carbons (Fsp3) is 0.682. The molecule has 1 heterocycles. The van der Waals surface area contributed by atoms with Crippen molar-refractivity contribution in [2.75, 3.05) is 13.1 Å². The molecule has 1 aliphatic rings. The van der Waals surface area contributed by atoms with Crippen LogP contribution in [0.2, 0.25) is 0 Å². The van der Waals surface area contributed by atoms with Gasteiger partial charge in [-0.1, -0.05) is 54.2 Å². The zero-order valence-electron chi connectivity index (χ0n) is 18.1. The van der Waals surface area contributed by atoms with Crippen LogP contribution in [-0.4, -0.2) is 30.0 Å². The third-order valence-electron chi connectivity index (χ3n) is 3.10. The van der Waals surface area contributed by atoms with Gasteiger partial charge in [-0.2, -0.15) is 0 Å². The number of carbonyl (C=O) groups excluding carboxylic acids is 1. The zero-order valence-corrected chi connectivity index (χ0v) is 18.1. The quantitative estimate of drug-likeness (QED) is 0.450. The highest BCUT2D eigenvalue weighted by Gasteiger charge is 2.22. The Hall–Kier alpha value is -1.51. The maximum atomic E-state index is 11.4. The predicted octanol–water partition coefficient (Wildman–Crippen LogP) is 6.13. The molecule has 0 radical (unpaired) electrons. The van der Waals surface area contributed by atoms with Crippen LogP contribution in [0.3, 0.4) is 0 Å². The summed E-state index contributed by atoms with van der Waals surface area (Å²) in [4.78, 5) is 13.2. The number of piperidine rings is 1. The SMILES string of the molecule is C=C/C(C)=C\C(=C/C)OC1CCCN(C(C)=O)C1.CC.CC(C)(C)C. The predicted molar refractivity (Wildman–Crippen MR) is 111 cm³/mol. The molecule has 1 atom stereocenters. The van der Waals surface area contributed by atoms with Gasteiger partial charge in [-0.05, 0) is 49.8 Å². The first-order valence-corrected chi connectivity index (χ1v) is 9.46. The van der Waals surface area contributed by atoms with Crippen LogP contribution < -0.4 is 0 Å². The van der Waals surface area contributed by atoms with Gasteiger partial charge in [-0.3, -0.25) is 4.79 Å². The summed E-state index contributed by atoms with van der Waals surface area (Å²) in [5, 5.41) is 0. The molecule has 0 spiro atoms. The average molecular weight is 352 g/mol. The highest BCUT2D eigenvalue weighted by molar-refractivity contribution is 5.73. The Labute approximate surface area is 156 Å². The number of carbonyl (C=O) groups is 1. The zero-order chi connectivity index (χ0) is 20.0. The topological polar surface area (TPSA) is 29.5 Å². The van der Waals surface area contributed by atoms with Gasteiger partial charge in [0.2, 0.25) is 5.91 Å². The molecular weight excluding hydrogens is 310 g/mol. The van der Waals surface area contributed by atoms with Gasteiger partial charge in [0.25, 0.3) is 0 Å². The van der Waals surface area contributed by atoms with Gasteiger partial charge < -0.3 is 9.64 Å². The molecular formula is C22H41NO2. The fourth-order valence-corrected chi connectivity index (χ4v) is 1.98. The van der Waals surface area contributed by atoms with Crippen LogP contribution in [0.25, 0.3) is 0 Å². The van der Waals surface area contributed by atoms with Crippen molar-refractivity contribution in [3.63, 3.8) is 0 Å². The number of nitrogens with zero attached hydrogens (tertiary/aromatic N) is 1. The first-order chi connectivity index (χ1) is 11.6. The fourth-order valence-electron chi connectivity index (χ4n) is 1.98. The van der Waals surface area contributed by atoms with Crippen LogP contribution in [0.4, 0.5) is 0 Å². The van der Waals surface area contributed by atoms with Crippen LogP contribution in [0, 0.1) is 5.41 Å². The lowest BCUT2D eigenvalue weighted by Gasteiger charge is -2.32. The Bertz CT molecular complexity index is 435. The van der Waals surface area contributed by atoms with E-state index in [1.165, 1.54) is 0 Å². The molecule has 0 aromatic carbocycles. The van der Waals surface area contributed by atoms with Gasteiger partial charge in [-0.15, -0.1) is 0 Å². The molecule has 0 N–H and O–H groups in total. The first kappa shape index (κ1) is 25.7. The molecule has 1 rings (SSSR count). The Morgan fingerprint density at radius 2 is 1.72 bits per heavy atom. The van der Waals surface area contributed by atoms with E-state index in [9.17, 15) is 4.79 Å². The summed E-state index contributed by atoms with van der Waals surface area (Å²) in [5.74, 6) is 0.978. The van der Waals surface area contributed by atoms with Crippen molar-refractivity contribution in [1.29, 1.82) is 0 Å². The molecule has 1 amide bonds. The second kappa shape index (κ2) is 13.7. The largest absolute Gasteiger partial charge is 0.489 e. The summed E-state index contributed by atoms with van der Waals surface area (Å²) in [7, 11) is 0. The minimum Gasteiger partial charge on any atom is -0.489 e. The molecule has 0 saturated carbocycles. The van der Waals surface area contributed by atoms with Crippen LogP contribution >= 0.6 is 0 Å². The number of hydrogen-bond donors (Lipinski definition) is 0. The van der Waals surface area contributed by atoms with Crippen molar-refractivity contribution in [1.82, 2.24) is 4.90 Å². The summed E-state index contributed by atoms with van der Waals surface area (Å²) in [6.45, 7) is 23.6. The van der Waals surface area contributed by atoms with Crippen molar-refractivity contribution in [2.45, 2.75) is 81.3 Å². The molecule has 1 saturated heterocycles. The molecule has 1 aliphatic heterocycles. The van der Waals surface area contributed by atoms with Crippen LogP contribution in [-0.2, 0) is 9.53 Å². The number of allylic oxidation sites excluding steroid dienone is 4. The summed E-state index contributed by atoms with van der Waals surface area (Å²) >= 11 is 0. The van der Waals surface area contributed by atoms with Gasteiger partial charge >= 0.3 is 0 Å². The van der Waals surface area contributed by atoms with E-state index in [2.05, 4.69) is 34.3 Å². The van der Waals surface area contributed by atoms with E-state index >= 15 is 0 Å². The highest BCUT2D eigenvalue weighted by Crippen LogP contribution is 2.17. The lowest BCUT2D eigenvalue weighted by Crippen LogP contribution is -2.42. The van der Waals surface area contributed by atoms with Gasteiger partial charge in [0.05, 0.1) is 6.54 Å². The first-order valence-electron chi connectivity index (χ1n) is 9.46. The summed E-state index contributed by atoms with van der Waals surface area (Å²) in [5.41, 5.74) is 1.57.